The predicted molar refractivity (Wildman–Crippen MR) is 89.3 cm³/mol. The Morgan fingerprint density at radius 3 is 2.71 bits per heavy atom. The topological polar surface area (TPSA) is 57.5 Å². The molecule has 130 valence electrons. The van der Waals surface area contributed by atoms with Gasteiger partial charge in [0.05, 0.1) is 24.4 Å². The highest BCUT2D eigenvalue weighted by atomic mass is 32.1. The van der Waals surface area contributed by atoms with Gasteiger partial charge in [0.2, 0.25) is 0 Å². The van der Waals surface area contributed by atoms with Crippen molar-refractivity contribution in [1.29, 1.82) is 0 Å². The van der Waals surface area contributed by atoms with E-state index in [4.69, 9.17) is 9.47 Å². The molecule has 2 atom stereocenters. The SMILES string of the molecule is COC(=O)Cn1cc(C2CCCCC2F)c2sc(C(=O)OC)cc21. The summed E-state index contributed by atoms with van der Waals surface area (Å²) in [7, 11) is 2.66. The fraction of sp³-hybridized carbons (Fsp3) is 0.529. The van der Waals surface area contributed by atoms with Crippen LogP contribution in [-0.2, 0) is 20.8 Å². The van der Waals surface area contributed by atoms with Crippen LogP contribution in [0.2, 0.25) is 0 Å². The molecule has 1 fully saturated rings. The fourth-order valence-electron chi connectivity index (χ4n) is 3.33. The van der Waals surface area contributed by atoms with Crippen LogP contribution in [-0.4, -0.2) is 36.9 Å². The van der Waals surface area contributed by atoms with E-state index >= 15 is 0 Å². The first-order chi connectivity index (χ1) is 11.5. The molecule has 0 N–H and O–H groups in total. The average molecular weight is 353 g/mol. The van der Waals surface area contributed by atoms with Crippen molar-refractivity contribution < 1.29 is 23.5 Å². The number of carbonyl (C=O) groups excluding carboxylic acids is 2. The maximum Gasteiger partial charge on any atom is 0.348 e. The van der Waals surface area contributed by atoms with E-state index in [-0.39, 0.29) is 18.4 Å². The molecule has 0 aromatic carbocycles. The second-order valence-electron chi connectivity index (χ2n) is 6.01. The Hall–Kier alpha value is -1.89. The van der Waals surface area contributed by atoms with Crippen molar-refractivity contribution in [3.63, 3.8) is 0 Å². The molecule has 3 rings (SSSR count). The number of thiophene rings is 1. The molecule has 5 nitrogen and oxygen atoms in total. The van der Waals surface area contributed by atoms with Crippen molar-refractivity contribution in [3.05, 3.63) is 22.7 Å². The van der Waals surface area contributed by atoms with E-state index in [2.05, 4.69) is 0 Å². The minimum Gasteiger partial charge on any atom is -0.468 e. The van der Waals surface area contributed by atoms with Crippen molar-refractivity contribution in [1.82, 2.24) is 4.57 Å². The summed E-state index contributed by atoms with van der Waals surface area (Å²) < 4.78 is 26.5. The van der Waals surface area contributed by atoms with E-state index in [1.807, 2.05) is 6.20 Å². The minimum atomic E-state index is -0.889. The van der Waals surface area contributed by atoms with Gasteiger partial charge in [0.1, 0.15) is 17.6 Å². The molecule has 2 aromatic rings. The van der Waals surface area contributed by atoms with Crippen molar-refractivity contribution in [2.75, 3.05) is 14.2 Å². The van der Waals surface area contributed by atoms with Crippen molar-refractivity contribution in [2.24, 2.45) is 0 Å². The highest BCUT2D eigenvalue weighted by Gasteiger charge is 2.30. The zero-order valence-electron chi connectivity index (χ0n) is 13.7. The maximum absolute atomic E-state index is 14.4. The number of fused-ring (bicyclic) bond motifs is 1. The van der Waals surface area contributed by atoms with E-state index in [9.17, 15) is 14.0 Å². The molecule has 0 amide bonds. The summed E-state index contributed by atoms with van der Waals surface area (Å²) in [6.07, 6.45) is 4.18. The molecule has 2 aromatic heterocycles. The van der Waals surface area contributed by atoms with Gasteiger partial charge in [-0.1, -0.05) is 12.8 Å². The second-order valence-corrected chi connectivity index (χ2v) is 7.06. The summed E-state index contributed by atoms with van der Waals surface area (Å²) in [4.78, 5) is 24.0. The maximum atomic E-state index is 14.4. The summed E-state index contributed by atoms with van der Waals surface area (Å²) in [5.41, 5.74) is 1.62. The minimum absolute atomic E-state index is 0.0357. The summed E-state index contributed by atoms with van der Waals surface area (Å²) in [6, 6.07) is 1.70. The lowest BCUT2D eigenvalue weighted by Gasteiger charge is -2.25. The number of esters is 2. The third-order valence-corrected chi connectivity index (χ3v) is 5.73. The quantitative estimate of drug-likeness (QED) is 0.787. The molecule has 2 unspecified atom stereocenters. The largest absolute Gasteiger partial charge is 0.468 e. The molecule has 1 aliphatic rings. The second kappa shape index (κ2) is 6.93. The standard InChI is InChI=1S/C17H20FNO4S/c1-22-15(20)9-19-8-11(10-5-3-4-6-12(10)18)16-13(19)7-14(24-16)17(21)23-2/h7-8,10,12H,3-6,9H2,1-2H3. The van der Waals surface area contributed by atoms with Crippen LogP contribution in [0.5, 0.6) is 0 Å². The van der Waals surface area contributed by atoms with Crippen molar-refractivity contribution >= 4 is 33.5 Å². The molecule has 1 saturated carbocycles. The van der Waals surface area contributed by atoms with Gasteiger partial charge < -0.3 is 14.0 Å². The lowest BCUT2D eigenvalue weighted by Crippen LogP contribution is -2.18. The fourth-order valence-corrected chi connectivity index (χ4v) is 4.49. The zero-order chi connectivity index (χ0) is 17.3. The lowest BCUT2D eigenvalue weighted by molar-refractivity contribution is -0.141. The molecule has 0 aliphatic heterocycles. The number of hydrogen-bond donors (Lipinski definition) is 0. The smallest absolute Gasteiger partial charge is 0.348 e. The molecule has 1 aliphatic carbocycles. The van der Waals surface area contributed by atoms with Crippen LogP contribution < -0.4 is 0 Å². The van der Waals surface area contributed by atoms with Gasteiger partial charge in [-0.05, 0) is 24.5 Å². The normalized spacial score (nSPS) is 21.0. The lowest BCUT2D eigenvalue weighted by atomic mass is 9.83. The van der Waals surface area contributed by atoms with E-state index in [0.717, 1.165) is 35.0 Å². The van der Waals surface area contributed by atoms with Crippen LogP contribution in [0.3, 0.4) is 0 Å². The summed E-state index contributed by atoms with van der Waals surface area (Å²) >= 11 is 1.29. The third-order valence-electron chi connectivity index (χ3n) is 4.57. The molecule has 2 heterocycles. The third kappa shape index (κ3) is 3.05. The summed E-state index contributed by atoms with van der Waals surface area (Å²) in [5, 5.41) is 0. The molecule has 0 saturated heterocycles. The number of ether oxygens (including phenoxy) is 2. The Labute approximate surface area is 143 Å². The summed E-state index contributed by atoms with van der Waals surface area (Å²) in [6.45, 7) is 0.0357. The molecule has 7 heteroatoms. The van der Waals surface area contributed by atoms with Gasteiger partial charge in [0, 0.05) is 12.1 Å². The monoisotopic (exact) mass is 353 g/mol. The van der Waals surface area contributed by atoms with Crippen LogP contribution in [0.15, 0.2) is 12.3 Å². The predicted octanol–water partition coefficient (Wildman–Crippen LogP) is 3.66. The number of alkyl halides is 1. The summed E-state index contributed by atoms with van der Waals surface area (Å²) in [5.74, 6) is -0.999. The molecule has 24 heavy (non-hydrogen) atoms. The molecule has 0 radical (unpaired) electrons. The highest BCUT2D eigenvalue weighted by Crippen LogP contribution is 2.42. The van der Waals surface area contributed by atoms with E-state index in [0.29, 0.717) is 11.3 Å². The van der Waals surface area contributed by atoms with Crippen LogP contribution in [0.1, 0.15) is 46.8 Å². The average Bonchev–Trinajstić information content (AvgIpc) is 3.15. The van der Waals surface area contributed by atoms with Crippen molar-refractivity contribution in [3.8, 4) is 0 Å². The first-order valence-electron chi connectivity index (χ1n) is 7.97. The van der Waals surface area contributed by atoms with E-state index in [1.54, 1.807) is 10.6 Å². The highest BCUT2D eigenvalue weighted by molar-refractivity contribution is 7.21. The Balaban J connectivity index is 2.08. The van der Waals surface area contributed by atoms with Gasteiger partial charge in [-0.15, -0.1) is 11.3 Å². The number of methoxy groups -OCH3 is 2. The number of aromatic nitrogens is 1. The van der Waals surface area contributed by atoms with Gasteiger partial charge in [-0.25, -0.2) is 9.18 Å². The van der Waals surface area contributed by atoms with Crippen LogP contribution >= 0.6 is 11.3 Å². The van der Waals surface area contributed by atoms with Crippen LogP contribution in [0, 0.1) is 0 Å². The van der Waals surface area contributed by atoms with Crippen molar-refractivity contribution in [2.45, 2.75) is 44.3 Å². The molecular weight excluding hydrogens is 333 g/mol. The van der Waals surface area contributed by atoms with Gasteiger partial charge in [-0.2, -0.15) is 0 Å². The molecule has 0 bridgehead atoms. The first-order valence-corrected chi connectivity index (χ1v) is 8.78. The molecule has 0 spiro atoms. The van der Waals surface area contributed by atoms with Gasteiger partial charge in [0.15, 0.2) is 0 Å². The number of carbonyl (C=O) groups is 2. The number of rotatable bonds is 4. The Bertz CT molecular complexity index is 766. The Morgan fingerprint density at radius 2 is 2.04 bits per heavy atom. The van der Waals surface area contributed by atoms with Crippen LogP contribution in [0.25, 0.3) is 10.2 Å². The zero-order valence-corrected chi connectivity index (χ0v) is 14.5. The Kier molecular flexibility index (Phi) is 4.89. The molecular formula is C17H20FNO4S. The van der Waals surface area contributed by atoms with Gasteiger partial charge in [0.25, 0.3) is 0 Å². The number of halogens is 1. The number of hydrogen-bond acceptors (Lipinski definition) is 5. The van der Waals surface area contributed by atoms with Gasteiger partial charge in [-0.3, -0.25) is 4.79 Å². The van der Waals surface area contributed by atoms with Gasteiger partial charge >= 0.3 is 11.9 Å². The first kappa shape index (κ1) is 17.0. The number of nitrogens with zero attached hydrogens (tertiary/aromatic N) is 1. The van der Waals surface area contributed by atoms with E-state index in [1.165, 1.54) is 25.6 Å². The van der Waals surface area contributed by atoms with E-state index < -0.39 is 12.1 Å². The van der Waals surface area contributed by atoms with Crippen LogP contribution in [0.4, 0.5) is 4.39 Å². The Morgan fingerprint density at radius 1 is 1.29 bits per heavy atom.